The van der Waals surface area contributed by atoms with Crippen molar-refractivity contribution in [2.24, 2.45) is 0 Å². The molecule has 110 valence electrons. The van der Waals surface area contributed by atoms with Crippen molar-refractivity contribution in [3.8, 4) is 0 Å². The predicted molar refractivity (Wildman–Crippen MR) is 76.7 cm³/mol. The summed E-state index contributed by atoms with van der Waals surface area (Å²) in [6.07, 6.45) is 1.99. The molecule has 0 spiro atoms. The third-order valence-corrected chi connectivity index (χ3v) is 6.70. The smallest absolute Gasteiger partial charge is 0.338 e. The van der Waals surface area contributed by atoms with E-state index >= 15 is 0 Å². The first kappa shape index (κ1) is 15.0. The SMILES string of the molecule is CCc1cc2c(cc1C(=O)OC)S(=O)(=O)C(C)(C)CC2. The summed E-state index contributed by atoms with van der Waals surface area (Å²) < 4.78 is 29.2. The van der Waals surface area contributed by atoms with Gasteiger partial charge >= 0.3 is 5.97 Å². The van der Waals surface area contributed by atoms with E-state index in [1.165, 1.54) is 13.2 Å². The summed E-state index contributed by atoms with van der Waals surface area (Å²) in [6, 6.07) is 3.34. The second kappa shape index (κ2) is 4.88. The van der Waals surface area contributed by atoms with Gasteiger partial charge < -0.3 is 4.74 Å². The van der Waals surface area contributed by atoms with Crippen molar-refractivity contribution < 1.29 is 17.9 Å². The number of aryl methyl sites for hydroxylation is 2. The monoisotopic (exact) mass is 296 g/mol. The normalized spacial score (nSPS) is 19.2. The van der Waals surface area contributed by atoms with Crippen LogP contribution < -0.4 is 0 Å². The van der Waals surface area contributed by atoms with Crippen LogP contribution in [-0.2, 0) is 27.4 Å². The fraction of sp³-hybridized carbons (Fsp3) is 0.533. The number of hydrogen-bond acceptors (Lipinski definition) is 4. The number of benzene rings is 1. The molecule has 0 N–H and O–H groups in total. The average molecular weight is 296 g/mol. The molecule has 0 amide bonds. The van der Waals surface area contributed by atoms with Gasteiger partial charge in [0, 0.05) is 0 Å². The van der Waals surface area contributed by atoms with Crippen molar-refractivity contribution >= 4 is 15.8 Å². The zero-order valence-corrected chi connectivity index (χ0v) is 13.1. The summed E-state index contributed by atoms with van der Waals surface area (Å²) in [6.45, 7) is 5.41. The largest absolute Gasteiger partial charge is 0.465 e. The molecule has 4 nitrogen and oxygen atoms in total. The number of sulfone groups is 1. The van der Waals surface area contributed by atoms with Gasteiger partial charge in [-0.1, -0.05) is 13.0 Å². The lowest BCUT2D eigenvalue weighted by Gasteiger charge is -2.31. The number of ether oxygens (including phenoxy) is 1. The first-order valence-corrected chi connectivity index (χ1v) is 8.21. The maximum absolute atomic E-state index is 12.6. The molecule has 0 fully saturated rings. The Morgan fingerprint density at radius 1 is 1.35 bits per heavy atom. The number of carbonyl (C=O) groups excluding carboxylic acids is 1. The minimum Gasteiger partial charge on any atom is -0.465 e. The molecule has 1 aliphatic heterocycles. The summed E-state index contributed by atoms with van der Waals surface area (Å²) in [4.78, 5) is 12.1. The van der Waals surface area contributed by atoms with Gasteiger partial charge in [-0.2, -0.15) is 0 Å². The Labute approximate surface area is 120 Å². The van der Waals surface area contributed by atoms with Gasteiger partial charge in [0.2, 0.25) is 0 Å². The Morgan fingerprint density at radius 2 is 2.00 bits per heavy atom. The molecular weight excluding hydrogens is 276 g/mol. The van der Waals surface area contributed by atoms with Gasteiger partial charge in [-0.3, -0.25) is 0 Å². The molecule has 0 saturated heterocycles. The Balaban J connectivity index is 2.72. The standard InChI is InChI=1S/C15H20O4S/c1-5-10-8-11-6-7-15(2,3)20(17,18)13(11)9-12(10)14(16)19-4/h8-9H,5-7H2,1-4H3. The van der Waals surface area contributed by atoms with E-state index in [0.29, 0.717) is 18.4 Å². The summed E-state index contributed by atoms with van der Waals surface area (Å²) in [7, 11) is -2.11. The van der Waals surface area contributed by atoms with Gasteiger partial charge in [-0.25, -0.2) is 13.2 Å². The molecule has 1 aromatic carbocycles. The van der Waals surface area contributed by atoms with Crippen LogP contribution in [0.25, 0.3) is 0 Å². The highest BCUT2D eigenvalue weighted by Gasteiger charge is 2.41. The van der Waals surface area contributed by atoms with Crippen LogP contribution in [-0.4, -0.2) is 26.2 Å². The number of rotatable bonds is 2. The summed E-state index contributed by atoms with van der Waals surface area (Å²) in [5.74, 6) is -0.483. The van der Waals surface area contributed by atoms with Gasteiger partial charge in [0.15, 0.2) is 9.84 Å². The summed E-state index contributed by atoms with van der Waals surface area (Å²) in [5.41, 5.74) is 2.01. The van der Waals surface area contributed by atoms with Gasteiger partial charge in [0.1, 0.15) is 0 Å². The zero-order chi connectivity index (χ0) is 15.1. The van der Waals surface area contributed by atoms with E-state index in [1.54, 1.807) is 13.8 Å². The summed E-state index contributed by atoms with van der Waals surface area (Å²) in [5, 5.41) is 0. The minimum atomic E-state index is -3.42. The van der Waals surface area contributed by atoms with Crippen LogP contribution in [0.5, 0.6) is 0 Å². The average Bonchev–Trinajstić information content (AvgIpc) is 2.41. The number of fused-ring (bicyclic) bond motifs is 1. The lowest BCUT2D eigenvalue weighted by Crippen LogP contribution is -2.37. The van der Waals surface area contributed by atoms with Crippen molar-refractivity contribution in [3.63, 3.8) is 0 Å². The van der Waals surface area contributed by atoms with E-state index in [2.05, 4.69) is 0 Å². The molecule has 0 radical (unpaired) electrons. The molecule has 2 rings (SSSR count). The van der Waals surface area contributed by atoms with E-state index in [1.807, 2.05) is 13.0 Å². The third kappa shape index (κ3) is 2.14. The lowest BCUT2D eigenvalue weighted by molar-refractivity contribution is 0.0599. The molecule has 1 aromatic rings. The number of carbonyl (C=O) groups is 1. The van der Waals surface area contributed by atoms with E-state index in [4.69, 9.17) is 4.74 Å². The lowest BCUT2D eigenvalue weighted by atomic mass is 9.96. The van der Waals surface area contributed by atoms with E-state index < -0.39 is 20.6 Å². The first-order valence-electron chi connectivity index (χ1n) is 6.73. The van der Waals surface area contributed by atoms with Crippen LogP contribution in [0.15, 0.2) is 17.0 Å². The van der Waals surface area contributed by atoms with Gasteiger partial charge in [0.05, 0.1) is 22.3 Å². The molecule has 1 aliphatic rings. The topological polar surface area (TPSA) is 60.4 Å². The third-order valence-electron chi connectivity index (χ3n) is 4.09. The Morgan fingerprint density at radius 3 is 2.55 bits per heavy atom. The van der Waals surface area contributed by atoms with Gasteiger partial charge in [-0.15, -0.1) is 0 Å². The van der Waals surface area contributed by atoms with Gasteiger partial charge in [-0.05, 0) is 50.3 Å². The highest BCUT2D eigenvalue weighted by molar-refractivity contribution is 7.92. The van der Waals surface area contributed by atoms with E-state index in [-0.39, 0.29) is 4.90 Å². The van der Waals surface area contributed by atoms with Crippen molar-refractivity contribution in [2.45, 2.75) is 49.7 Å². The minimum absolute atomic E-state index is 0.284. The number of esters is 1. The maximum atomic E-state index is 12.6. The predicted octanol–water partition coefficient (Wildman–Crippen LogP) is 2.53. The van der Waals surface area contributed by atoms with Crippen LogP contribution in [0.2, 0.25) is 0 Å². The number of methoxy groups -OCH3 is 1. The second-order valence-corrected chi connectivity index (χ2v) is 8.28. The molecule has 0 saturated carbocycles. The molecule has 0 aliphatic carbocycles. The Bertz CT molecular complexity index is 657. The fourth-order valence-electron chi connectivity index (χ4n) is 2.58. The molecular formula is C15H20O4S. The molecule has 5 heteroatoms. The Kier molecular flexibility index (Phi) is 3.67. The van der Waals surface area contributed by atoms with Gasteiger partial charge in [0.25, 0.3) is 0 Å². The van der Waals surface area contributed by atoms with Crippen LogP contribution in [0.3, 0.4) is 0 Å². The quantitative estimate of drug-likeness (QED) is 0.787. The molecule has 0 bridgehead atoms. The van der Waals surface area contributed by atoms with Crippen LogP contribution in [0, 0.1) is 0 Å². The van der Waals surface area contributed by atoms with Crippen molar-refractivity contribution in [1.29, 1.82) is 0 Å². The highest BCUT2D eigenvalue weighted by atomic mass is 32.2. The Hall–Kier alpha value is -1.36. The van der Waals surface area contributed by atoms with E-state index in [0.717, 1.165) is 17.5 Å². The second-order valence-electron chi connectivity index (χ2n) is 5.73. The van der Waals surface area contributed by atoms with Crippen LogP contribution in [0.1, 0.15) is 48.7 Å². The van der Waals surface area contributed by atoms with Crippen molar-refractivity contribution in [2.75, 3.05) is 7.11 Å². The molecule has 0 atom stereocenters. The molecule has 0 unspecified atom stereocenters. The van der Waals surface area contributed by atoms with Crippen molar-refractivity contribution in [3.05, 3.63) is 28.8 Å². The molecule has 20 heavy (non-hydrogen) atoms. The number of hydrogen-bond donors (Lipinski definition) is 0. The van der Waals surface area contributed by atoms with E-state index in [9.17, 15) is 13.2 Å². The molecule has 0 aromatic heterocycles. The van der Waals surface area contributed by atoms with Crippen LogP contribution in [0.4, 0.5) is 0 Å². The maximum Gasteiger partial charge on any atom is 0.338 e. The summed E-state index contributed by atoms with van der Waals surface area (Å²) >= 11 is 0. The van der Waals surface area contributed by atoms with Crippen molar-refractivity contribution in [1.82, 2.24) is 0 Å². The fourth-order valence-corrected chi connectivity index (χ4v) is 4.33. The first-order chi connectivity index (χ1) is 9.24. The molecule has 1 heterocycles. The van der Waals surface area contributed by atoms with Crippen LogP contribution >= 0.6 is 0 Å². The zero-order valence-electron chi connectivity index (χ0n) is 12.3. The highest BCUT2D eigenvalue weighted by Crippen LogP contribution is 2.38.